The topological polar surface area (TPSA) is 84.2 Å². The predicted octanol–water partition coefficient (Wildman–Crippen LogP) is 3.97. The van der Waals surface area contributed by atoms with Crippen LogP contribution in [0.2, 0.25) is 0 Å². The van der Waals surface area contributed by atoms with Crippen molar-refractivity contribution >= 4 is 27.7 Å². The molecule has 0 spiro atoms. The Morgan fingerprint density at radius 3 is 2.82 bits per heavy atom. The van der Waals surface area contributed by atoms with E-state index in [1.165, 1.54) is 6.07 Å². The second-order valence-electron chi connectivity index (χ2n) is 6.42. The predicted molar refractivity (Wildman–Crippen MR) is 106 cm³/mol. The van der Waals surface area contributed by atoms with Crippen molar-refractivity contribution < 1.29 is 13.7 Å². The van der Waals surface area contributed by atoms with E-state index in [9.17, 15) is 9.18 Å². The molecule has 0 aliphatic carbocycles. The van der Waals surface area contributed by atoms with Gasteiger partial charge in [0.25, 0.3) is 0 Å². The fourth-order valence-electron chi connectivity index (χ4n) is 2.44. The molecule has 3 rings (SSSR count). The third-order valence-electron chi connectivity index (χ3n) is 4.28. The van der Waals surface area contributed by atoms with Crippen LogP contribution >= 0.6 is 15.9 Å². The number of carbonyl (C=O) groups is 1. The molecule has 0 saturated carbocycles. The van der Waals surface area contributed by atoms with E-state index < -0.39 is 0 Å². The number of likely N-dealkylation sites (N-methyl/N-ethyl adjacent to an activating group) is 1. The quantitative estimate of drug-likeness (QED) is 0.615. The first-order valence-electron chi connectivity index (χ1n) is 8.55. The van der Waals surface area contributed by atoms with Crippen LogP contribution in [-0.4, -0.2) is 39.5 Å². The van der Waals surface area contributed by atoms with E-state index in [0.717, 1.165) is 4.47 Å². The van der Waals surface area contributed by atoms with Crippen LogP contribution in [0.1, 0.15) is 24.4 Å². The highest BCUT2D eigenvalue weighted by atomic mass is 79.9. The van der Waals surface area contributed by atoms with Gasteiger partial charge in [0.2, 0.25) is 17.6 Å². The second-order valence-corrected chi connectivity index (χ2v) is 7.34. The van der Waals surface area contributed by atoms with Crippen molar-refractivity contribution in [3.8, 4) is 11.4 Å². The van der Waals surface area contributed by atoms with Crippen molar-refractivity contribution in [1.29, 1.82) is 0 Å². The lowest BCUT2D eigenvalue weighted by molar-refractivity contribution is -0.117. The molecule has 1 amide bonds. The summed E-state index contributed by atoms with van der Waals surface area (Å²) in [5, 5.41) is 6.65. The fourth-order valence-corrected chi connectivity index (χ4v) is 2.67. The zero-order valence-corrected chi connectivity index (χ0v) is 17.2. The van der Waals surface area contributed by atoms with Gasteiger partial charge < -0.3 is 9.84 Å². The first-order valence-corrected chi connectivity index (χ1v) is 9.34. The fraction of sp³-hybridized carbons (Fsp3) is 0.263. The number of hydrogen-bond acceptors (Lipinski definition) is 6. The smallest absolute Gasteiger partial charge is 0.244 e. The molecule has 0 fully saturated rings. The zero-order chi connectivity index (χ0) is 20.3. The maximum atomic E-state index is 13.8. The second kappa shape index (κ2) is 8.57. The summed E-state index contributed by atoms with van der Waals surface area (Å²) in [6, 6.07) is 7.97. The number of carbonyl (C=O) groups excluding carboxylic acids is 1. The van der Waals surface area contributed by atoms with Crippen LogP contribution in [0.4, 0.5) is 10.2 Å². The van der Waals surface area contributed by atoms with Gasteiger partial charge in [-0.3, -0.25) is 9.69 Å². The van der Waals surface area contributed by atoms with Gasteiger partial charge in [0.15, 0.2) is 0 Å². The molecule has 1 atom stereocenters. The third kappa shape index (κ3) is 4.79. The van der Waals surface area contributed by atoms with E-state index in [-0.39, 0.29) is 24.3 Å². The van der Waals surface area contributed by atoms with Gasteiger partial charge in [0, 0.05) is 16.2 Å². The van der Waals surface area contributed by atoms with E-state index >= 15 is 0 Å². The summed E-state index contributed by atoms with van der Waals surface area (Å²) in [5.41, 5.74) is 1.08. The minimum absolute atomic E-state index is 0.107. The van der Waals surface area contributed by atoms with Crippen molar-refractivity contribution in [3.63, 3.8) is 0 Å². The van der Waals surface area contributed by atoms with E-state index in [1.807, 2.05) is 6.92 Å². The summed E-state index contributed by atoms with van der Waals surface area (Å²) in [7, 11) is 1.77. The molecular formula is C19H19BrFN5O2. The number of aromatic nitrogens is 3. The molecule has 0 aliphatic rings. The lowest BCUT2D eigenvalue weighted by atomic mass is 10.1. The van der Waals surface area contributed by atoms with Crippen LogP contribution in [0.25, 0.3) is 11.4 Å². The molecule has 28 heavy (non-hydrogen) atoms. The number of anilines is 1. The third-order valence-corrected chi connectivity index (χ3v) is 4.75. The van der Waals surface area contributed by atoms with Gasteiger partial charge in [-0.05, 0) is 60.6 Å². The Labute approximate surface area is 170 Å². The first-order chi connectivity index (χ1) is 13.3. The Morgan fingerprint density at radius 1 is 1.36 bits per heavy atom. The number of benzene rings is 1. The minimum atomic E-state index is -0.327. The van der Waals surface area contributed by atoms with Crippen molar-refractivity contribution in [2.45, 2.75) is 19.9 Å². The summed E-state index contributed by atoms with van der Waals surface area (Å²) >= 11 is 3.30. The van der Waals surface area contributed by atoms with Crippen LogP contribution in [0.5, 0.6) is 0 Å². The number of nitrogens with one attached hydrogen (secondary N) is 1. The van der Waals surface area contributed by atoms with E-state index in [1.54, 1.807) is 49.3 Å². The van der Waals surface area contributed by atoms with E-state index in [4.69, 9.17) is 4.52 Å². The van der Waals surface area contributed by atoms with Crippen molar-refractivity contribution in [2.24, 2.45) is 0 Å². The van der Waals surface area contributed by atoms with Gasteiger partial charge in [-0.1, -0.05) is 17.3 Å². The maximum Gasteiger partial charge on any atom is 0.244 e. The average molecular weight is 448 g/mol. The highest BCUT2D eigenvalue weighted by Gasteiger charge is 2.21. The van der Waals surface area contributed by atoms with E-state index in [2.05, 4.69) is 36.4 Å². The molecule has 146 valence electrons. The molecular weight excluding hydrogens is 429 g/mol. The maximum absolute atomic E-state index is 13.8. The van der Waals surface area contributed by atoms with Crippen LogP contribution in [0.15, 0.2) is 45.5 Å². The monoisotopic (exact) mass is 447 g/mol. The molecule has 0 aliphatic heterocycles. The molecule has 0 saturated heterocycles. The number of hydrogen-bond donors (Lipinski definition) is 1. The molecule has 9 heteroatoms. The van der Waals surface area contributed by atoms with Crippen LogP contribution in [0, 0.1) is 12.7 Å². The zero-order valence-electron chi connectivity index (χ0n) is 15.6. The molecule has 0 bridgehead atoms. The largest absolute Gasteiger partial charge is 0.337 e. The first kappa shape index (κ1) is 20.1. The summed E-state index contributed by atoms with van der Waals surface area (Å²) in [6.45, 7) is 3.64. The van der Waals surface area contributed by atoms with Gasteiger partial charge >= 0.3 is 0 Å². The summed E-state index contributed by atoms with van der Waals surface area (Å²) in [5.74, 6) is 0.568. The lowest BCUT2D eigenvalue weighted by Crippen LogP contribution is -2.32. The SMILES string of the molecule is Cc1ccc(-c2noc(C(C)N(C)CC(=O)Nc3ccc(Br)cn3)n2)cc1F. The minimum Gasteiger partial charge on any atom is -0.337 e. The van der Waals surface area contributed by atoms with Gasteiger partial charge in [-0.25, -0.2) is 9.37 Å². The van der Waals surface area contributed by atoms with Gasteiger partial charge in [0.1, 0.15) is 11.6 Å². The average Bonchev–Trinajstić information content (AvgIpc) is 3.15. The van der Waals surface area contributed by atoms with Gasteiger partial charge in [-0.2, -0.15) is 4.98 Å². The van der Waals surface area contributed by atoms with E-state index in [0.29, 0.717) is 28.7 Å². The summed E-state index contributed by atoms with van der Waals surface area (Å²) in [4.78, 5) is 22.4. The molecule has 2 aromatic heterocycles. The molecule has 7 nitrogen and oxygen atoms in total. The van der Waals surface area contributed by atoms with Crippen molar-refractivity contribution in [1.82, 2.24) is 20.0 Å². The number of amides is 1. The number of halogens is 2. The lowest BCUT2D eigenvalue weighted by Gasteiger charge is -2.20. The molecule has 1 N–H and O–H groups in total. The Bertz CT molecular complexity index is 977. The Kier molecular flexibility index (Phi) is 6.15. The standard InChI is InChI=1S/C19H19BrFN5O2/c1-11-4-5-13(8-15(11)21)18-24-19(28-25-18)12(2)26(3)10-17(27)23-16-7-6-14(20)9-22-16/h4-9,12H,10H2,1-3H3,(H,22,23,27). The van der Waals surface area contributed by atoms with Crippen LogP contribution in [-0.2, 0) is 4.79 Å². The molecule has 1 aromatic carbocycles. The van der Waals surface area contributed by atoms with Gasteiger partial charge in [-0.15, -0.1) is 0 Å². The molecule has 2 heterocycles. The number of aryl methyl sites for hydroxylation is 1. The number of rotatable bonds is 6. The van der Waals surface area contributed by atoms with Gasteiger partial charge in [0.05, 0.1) is 12.6 Å². The van der Waals surface area contributed by atoms with Crippen molar-refractivity contribution in [2.75, 3.05) is 18.9 Å². The van der Waals surface area contributed by atoms with Crippen LogP contribution in [0.3, 0.4) is 0 Å². The van der Waals surface area contributed by atoms with Crippen molar-refractivity contribution in [3.05, 3.63) is 58.3 Å². The Balaban J connectivity index is 1.63. The number of nitrogens with zero attached hydrogens (tertiary/aromatic N) is 4. The highest BCUT2D eigenvalue weighted by Crippen LogP contribution is 2.23. The Hall–Kier alpha value is -2.65. The normalized spacial score (nSPS) is 12.2. The summed E-state index contributed by atoms with van der Waals surface area (Å²) < 4.78 is 19.9. The summed E-state index contributed by atoms with van der Waals surface area (Å²) in [6.07, 6.45) is 1.61. The Morgan fingerprint density at radius 2 is 2.14 bits per heavy atom. The molecule has 0 radical (unpaired) electrons. The highest BCUT2D eigenvalue weighted by molar-refractivity contribution is 9.10. The number of pyridine rings is 1. The molecule has 3 aromatic rings. The van der Waals surface area contributed by atoms with Crippen LogP contribution < -0.4 is 5.32 Å². The molecule has 1 unspecified atom stereocenters.